The monoisotopic (exact) mass is 306 g/mol. The van der Waals surface area contributed by atoms with Crippen LogP contribution in [-0.4, -0.2) is 36.0 Å². The van der Waals surface area contributed by atoms with Gasteiger partial charge in [0.25, 0.3) is 0 Å². The van der Waals surface area contributed by atoms with E-state index >= 15 is 0 Å². The first-order valence-electron chi connectivity index (χ1n) is 6.23. The zero-order valence-corrected chi connectivity index (χ0v) is 12.8. The fourth-order valence-corrected chi connectivity index (χ4v) is 3.54. The molecule has 1 aromatic rings. The SMILES string of the molecule is CSC1=NC(c2ccccc2SC)C2C(=O)OCC2=N1. The van der Waals surface area contributed by atoms with Gasteiger partial charge in [0.05, 0.1) is 11.8 Å². The summed E-state index contributed by atoms with van der Waals surface area (Å²) in [4.78, 5) is 22.2. The van der Waals surface area contributed by atoms with Gasteiger partial charge in [0, 0.05) is 4.90 Å². The van der Waals surface area contributed by atoms with E-state index in [0.29, 0.717) is 6.61 Å². The first-order chi connectivity index (χ1) is 9.74. The molecule has 3 rings (SSSR count). The maximum absolute atomic E-state index is 12.0. The highest BCUT2D eigenvalue weighted by Crippen LogP contribution is 2.39. The highest BCUT2D eigenvalue weighted by atomic mass is 32.2. The number of carbonyl (C=O) groups is 1. The topological polar surface area (TPSA) is 51.0 Å². The summed E-state index contributed by atoms with van der Waals surface area (Å²) in [6.07, 6.45) is 3.97. The molecule has 0 bridgehead atoms. The fourth-order valence-electron chi connectivity index (χ4n) is 2.48. The van der Waals surface area contributed by atoms with Gasteiger partial charge in [0.2, 0.25) is 0 Å². The van der Waals surface area contributed by atoms with Crippen LogP contribution in [0.4, 0.5) is 0 Å². The van der Waals surface area contributed by atoms with Gasteiger partial charge < -0.3 is 4.74 Å². The van der Waals surface area contributed by atoms with Crippen LogP contribution >= 0.6 is 23.5 Å². The molecule has 2 heterocycles. The normalized spacial score (nSPS) is 24.8. The Morgan fingerprint density at radius 3 is 2.80 bits per heavy atom. The second-order valence-corrected chi connectivity index (χ2v) is 6.11. The number of nitrogens with zero attached hydrogens (tertiary/aromatic N) is 2. The zero-order chi connectivity index (χ0) is 14.1. The fraction of sp³-hybridized carbons (Fsp3) is 0.357. The van der Waals surface area contributed by atoms with Crippen molar-refractivity contribution in [3.05, 3.63) is 29.8 Å². The number of cyclic esters (lactones) is 1. The summed E-state index contributed by atoms with van der Waals surface area (Å²) in [6, 6.07) is 7.85. The predicted molar refractivity (Wildman–Crippen MR) is 83.8 cm³/mol. The molecule has 0 N–H and O–H groups in total. The van der Waals surface area contributed by atoms with Crippen LogP contribution in [0.5, 0.6) is 0 Å². The van der Waals surface area contributed by atoms with E-state index in [1.54, 1.807) is 11.8 Å². The second kappa shape index (κ2) is 5.61. The number of thioether (sulfide) groups is 2. The van der Waals surface area contributed by atoms with E-state index in [9.17, 15) is 4.79 Å². The van der Waals surface area contributed by atoms with Crippen molar-refractivity contribution in [1.82, 2.24) is 0 Å². The van der Waals surface area contributed by atoms with Crippen molar-refractivity contribution in [2.45, 2.75) is 10.9 Å². The number of aliphatic imine (C=N–C) groups is 2. The minimum Gasteiger partial charge on any atom is -0.459 e. The number of fused-ring (bicyclic) bond motifs is 1. The van der Waals surface area contributed by atoms with Crippen LogP contribution in [0.1, 0.15) is 11.6 Å². The number of hydrogen-bond acceptors (Lipinski definition) is 6. The summed E-state index contributed by atoms with van der Waals surface area (Å²) in [5.74, 6) is -0.576. The third-order valence-electron chi connectivity index (χ3n) is 3.42. The molecule has 4 nitrogen and oxygen atoms in total. The number of carbonyl (C=O) groups excluding carboxylic acids is 1. The number of rotatable bonds is 2. The summed E-state index contributed by atoms with van der Waals surface area (Å²) in [5, 5.41) is 0.718. The Balaban J connectivity index is 2.08. The third-order valence-corrected chi connectivity index (χ3v) is 4.79. The molecule has 2 unspecified atom stereocenters. The Morgan fingerprint density at radius 2 is 2.05 bits per heavy atom. The Bertz CT molecular complexity index is 613. The van der Waals surface area contributed by atoms with Crippen LogP contribution in [-0.2, 0) is 9.53 Å². The van der Waals surface area contributed by atoms with Gasteiger partial charge in [-0.3, -0.25) is 9.79 Å². The van der Waals surface area contributed by atoms with Crippen LogP contribution in [0.2, 0.25) is 0 Å². The highest BCUT2D eigenvalue weighted by molar-refractivity contribution is 8.13. The molecule has 2 atom stereocenters. The lowest BCUT2D eigenvalue weighted by atomic mass is 9.90. The van der Waals surface area contributed by atoms with Gasteiger partial charge in [-0.05, 0) is 24.1 Å². The lowest BCUT2D eigenvalue weighted by Gasteiger charge is -2.23. The Kier molecular flexibility index (Phi) is 3.85. The molecule has 0 saturated carbocycles. The van der Waals surface area contributed by atoms with E-state index in [-0.39, 0.29) is 17.9 Å². The standard InChI is InChI=1S/C14H14N2O2S2/c1-19-10-6-4-3-5-8(10)12-11-9(7-18-13(11)17)15-14(16-12)20-2/h3-6,11-12H,7H2,1-2H3. The van der Waals surface area contributed by atoms with Crippen molar-refractivity contribution in [3.8, 4) is 0 Å². The van der Waals surface area contributed by atoms with Crippen LogP contribution in [0.3, 0.4) is 0 Å². The predicted octanol–water partition coefficient (Wildman–Crippen LogP) is 2.80. The molecular formula is C14H14N2O2S2. The van der Waals surface area contributed by atoms with Crippen LogP contribution in [0.15, 0.2) is 39.1 Å². The van der Waals surface area contributed by atoms with Gasteiger partial charge >= 0.3 is 5.97 Å². The van der Waals surface area contributed by atoms with E-state index in [4.69, 9.17) is 4.74 Å². The van der Waals surface area contributed by atoms with Crippen molar-refractivity contribution < 1.29 is 9.53 Å². The van der Waals surface area contributed by atoms with E-state index in [2.05, 4.69) is 16.1 Å². The van der Waals surface area contributed by atoms with Crippen LogP contribution < -0.4 is 0 Å². The van der Waals surface area contributed by atoms with Crippen LogP contribution in [0.25, 0.3) is 0 Å². The smallest absolute Gasteiger partial charge is 0.317 e. The summed E-state index contributed by atoms with van der Waals surface area (Å²) in [6.45, 7) is 0.293. The van der Waals surface area contributed by atoms with E-state index in [1.807, 2.05) is 30.7 Å². The third kappa shape index (κ3) is 2.27. The van der Waals surface area contributed by atoms with Gasteiger partial charge in [0.1, 0.15) is 12.5 Å². The molecule has 1 aromatic carbocycles. The van der Waals surface area contributed by atoms with Gasteiger partial charge in [-0.15, -0.1) is 11.8 Å². The molecule has 1 saturated heterocycles. The maximum Gasteiger partial charge on any atom is 0.317 e. The molecule has 20 heavy (non-hydrogen) atoms. The lowest BCUT2D eigenvalue weighted by Crippen LogP contribution is -2.27. The van der Waals surface area contributed by atoms with Crippen LogP contribution in [0, 0.1) is 5.92 Å². The minimum atomic E-state index is -0.362. The lowest BCUT2D eigenvalue weighted by molar-refractivity contribution is -0.141. The first kappa shape index (κ1) is 13.7. The molecule has 0 aromatic heterocycles. The molecule has 0 spiro atoms. The summed E-state index contributed by atoms with van der Waals surface area (Å²) < 4.78 is 5.16. The largest absolute Gasteiger partial charge is 0.459 e. The van der Waals surface area contributed by atoms with Crippen molar-refractivity contribution in [2.75, 3.05) is 19.1 Å². The molecule has 0 amide bonds. The summed E-state index contributed by atoms with van der Waals surface area (Å²) in [7, 11) is 0. The number of esters is 1. The molecule has 0 aliphatic carbocycles. The van der Waals surface area contributed by atoms with Crippen molar-refractivity contribution in [3.63, 3.8) is 0 Å². The average Bonchev–Trinajstić information content (AvgIpc) is 2.87. The van der Waals surface area contributed by atoms with Crippen molar-refractivity contribution in [1.29, 1.82) is 0 Å². The molecular weight excluding hydrogens is 292 g/mol. The van der Waals surface area contributed by atoms with Crippen molar-refractivity contribution in [2.24, 2.45) is 15.9 Å². The highest BCUT2D eigenvalue weighted by Gasteiger charge is 2.43. The van der Waals surface area contributed by atoms with Gasteiger partial charge in [-0.1, -0.05) is 30.0 Å². The van der Waals surface area contributed by atoms with E-state index in [0.717, 1.165) is 21.3 Å². The number of hydrogen-bond donors (Lipinski definition) is 0. The number of amidine groups is 1. The molecule has 104 valence electrons. The molecule has 2 aliphatic heterocycles. The van der Waals surface area contributed by atoms with Gasteiger partial charge in [0.15, 0.2) is 5.17 Å². The van der Waals surface area contributed by atoms with E-state index in [1.165, 1.54) is 11.8 Å². The van der Waals surface area contributed by atoms with Crippen molar-refractivity contribution >= 4 is 40.4 Å². The van der Waals surface area contributed by atoms with Gasteiger partial charge in [-0.2, -0.15) is 0 Å². The number of benzene rings is 1. The minimum absolute atomic E-state index is 0.214. The second-order valence-electron chi connectivity index (χ2n) is 4.49. The quantitative estimate of drug-likeness (QED) is 0.623. The molecule has 1 fully saturated rings. The molecule has 6 heteroatoms. The van der Waals surface area contributed by atoms with E-state index < -0.39 is 0 Å². The molecule has 0 radical (unpaired) electrons. The average molecular weight is 306 g/mol. The Morgan fingerprint density at radius 1 is 1.25 bits per heavy atom. The Hall–Kier alpha value is -1.27. The van der Waals surface area contributed by atoms with Gasteiger partial charge in [-0.25, -0.2) is 4.99 Å². The Labute approximate surface area is 126 Å². The first-order valence-corrected chi connectivity index (χ1v) is 8.68. The molecule has 2 aliphatic rings. The summed E-state index contributed by atoms with van der Waals surface area (Å²) >= 11 is 3.16. The number of ether oxygens (including phenoxy) is 1. The maximum atomic E-state index is 12.0. The summed E-state index contributed by atoms with van der Waals surface area (Å²) in [5.41, 5.74) is 1.87. The zero-order valence-electron chi connectivity index (χ0n) is 11.2.